The molecular weight excluding hydrogens is 278 g/mol. The molecule has 6 nitrogen and oxygen atoms in total. The number of nitrogens with one attached hydrogen (secondary N) is 1. The van der Waals surface area contributed by atoms with Crippen molar-refractivity contribution in [1.29, 1.82) is 0 Å². The summed E-state index contributed by atoms with van der Waals surface area (Å²) < 4.78 is 5.58. The van der Waals surface area contributed by atoms with Crippen LogP contribution in [0.2, 0.25) is 0 Å². The summed E-state index contributed by atoms with van der Waals surface area (Å²) >= 11 is 0. The fraction of sp³-hybridized carbons (Fsp3) is 0.562. The van der Waals surface area contributed by atoms with Crippen LogP contribution in [-0.2, 0) is 11.3 Å². The Kier molecular flexibility index (Phi) is 3.63. The van der Waals surface area contributed by atoms with E-state index in [2.05, 4.69) is 32.2 Å². The van der Waals surface area contributed by atoms with E-state index in [0.717, 1.165) is 31.2 Å². The molecule has 2 aromatic rings. The van der Waals surface area contributed by atoms with Crippen LogP contribution in [0, 0.1) is 0 Å². The van der Waals surface area contributed by atoms with Crippen molar-refractivity contribution < 1.29 is 4.74 Å². The normalized spacial score (nSPS) is 25.7. The number of hydrogen-bond acceptors (Lipinski definition) is 5. The first-order valence-electron chi connectivity index (χ1n) is 7.91. The Hall–Kier alpha value is -1.79. The van der Waals surface area contributed by atoms with Gasteiger partial charge in [-0.25, -0.2) is 4.98 Å². The summed E-state index contributed by atoms with van der Waals surface area (Å²) in [5.41, 5.74) is 1.26. The number of likely N-dealkylation sites (tertiary alicyclic amines) is 1. The highest BCUT2D eigenvalue weighted by atomic mass is 16.5. The molecule has 2 aromatic heterocycles. The highest BCUT2D eigenvalue weighted by molar-refractivity contribution is 5.13. The van der Waals surface area contributed by atoms with E-state index < -0.39 is 0 Å². The Bertz CT molecular complexity index is 624. The summed E-state index contributed by atoms with van der Waals surface area (Å²) in [5.74, 6) is 2.55. The summed E-state index contributed by atoms with van der Waals surface area (Å²) in [6.45, 7) is 1.80. The largest absolute Gasteiger partial charge is 0.380 e. The summed E-state index contributed by atoms with van der Waals surface area (Å²) in [5, 5.41) is 7.56. The second-order valence-corrected chi connectivity index (χ2v) is 6.25. The predicted molar refractivity (Wildman–Crippen MR) is 81.2 cm³/mol. The third kappa shape index (κ3) is 2.76. The van der Waals surface area contributed by atoms with Crippen LogP contribution in [0.25, 0.3) is 0 Å². The number of H-pyrrole nitrogens is 1. The predicted octanol–water partition coefficient (Wildman–Crippen LogP) is 2.04. The van der Waals surface area contributed by atoms with E-state index in [1.807, 2.05) is 12.4 Å². The zero-order valence-electron chi connectivity index (χ0n) is 12.8. The summed E-state index contributed by atoms with van der Waals surface area (Å²) in [4.78, 5) is 11.2. The molecule has 3 heterocycles. The second kappa shape index (κ2) is 5.78. The molecule has 1 aliphatic carbocycles. The first-order valence-corrected chi connectivity index (χ1v) is 7.91. The van der Waals surface area contributed by atoms with Gasteiger partial charge in [-0.05, 0) is 37.0 Å². The van der Waals surface area contributed by atoms with E-state index in [1.54, 1.807) is 7.11 Å². The second-order valence-electron chi connectivity index (χ2n) is 6.25. The average molecular weight is 299 g/mol. The van der Waals surface area contributed by atoms with Crippen molar-refractivity contribution >= 4 is 0 Å². The Labute approximate surface area is 129 Å². The van der Waals surface area contributed by atoms with Crippen LogP contribution in [0.5, 0.6) is 0 Å². The molecule has 0 unspecified atom stereocenters. The van der Waals surface area contributed by atoms with Crippen molar-refractivity contribution in [3.8, 4) is 0 Å². The minimum atomic E-state index is 0.248. The third-order valence-electron chi connectivity index (χ3n) is 4.61. The van der Waals surface area contributed by atoms with Crippen molar-refractivity contribution in [1.82, 2.24) is 25.1 Å². The minimum absolute atomic E-state index is 0.248. The van der Waals surface area contributed by atoms with Crippen molar-refractivity contribution in [3.63, 3.8) is 0 Å². The molecule has 4 rings (SSSR count). The average Bonchev–Trinajstić information content (AvgIpc) is 3.14. The van der Waals surface area contributed by atoms with Crippen LogP contribution in [0.4, 0.5) is 0 Å². The molecule has 1 aliphatic heterocycles. The van der Waals surface area contributed by atoms with Crippen LogP contribution in [-0.4, -0.2) is 44.8 Å². The molecule has 2 atom stereocenters. The van der Waals surface area contributed by atoms with Gasteiger partial charge in [0.1, 0.15) is 5.82 Å². The van der Waals surface area contributed by atoms with Crippen LogP contribution in [0.15, 0.2) is 24.5 Å². The molecule has 116 valence electrons. The van der Waals surface area contributed by atoms with Crippen molar-refractivity contribution in [2.45, 2.75) is 43.9 Å². The van der Waals surface area contributed by atoms with Gasteiger partial charge < -0.3 is 4.74 Å². The van der Waals surface area contributed by atoms with Crippen molar-refractivity contribution in [3.05, 3.63) is 41.7 Å². The molecule has 0 aromatic carbocycles. The van der Waals surface area contributed by atoms with Crippen LogP contribution in [0.3, 0.4) is 0 Å². The van der Waals surface area contributed by atoms with Gasteiger partial charge >= 0.3 is 0 Å². The highest BCUT2D eigenvalue weighted by Crippen LogP contribution is 2.39. The highest BCUT2D eigenvalue weighted by Gasteiger charge is 2.36. The van der Waals surface area contributed by atoms with Gasteiger partial charge in [0.25, 0.3) is 0 Å². The Morgan fingerprint density at radius 3 is 2.86 bits per heavy atom. The third-order valence-corrected chi connectivity index (χ3v) is 4.61. The Morgan fingerprint density at radius 2 is 2.14 bits per heavy atom. The van der Waals surface area contributed by atoms with Crippen molar-refractivity contribution in [2.75, 3.05) is 13.7 Å². The number of aromatic nitrogens is 4. The van der Waals surface area contributed by atoms with E-state index in [0.29, 0.717) is 5.92 Å². The van der Waals surface area contributed by atoms with Gasteiger partial charge in [0.2, 0.25) is 0 Å². The smallest absolute Gasteiger partial charge is 0.153 e. The molecule has 2 aliphatic rings. The lowest BCUT2D eigenvalue weighted by Gasteiger charge is -2.22. The molecule has 1 N–H and O–H groups in total. The summed E-state index contributed by atoms with van der Waals surface area (Å²) in [6.07, 6.45) is 7.34. The van der Waals surface area contributed by atoms with Crippen LogP contribution >= 0.6 is 0 Å². The van der Waals surface area contributed by atoms with Crippen LogP contribution in [0.1, 0.15) is 48.4 Å². The van der Waals surface area contributed by atoms with E-state index in [1.165, 1.54) is 18.4 Å². The number of pyridine rings is 1. The minimum Gasteiger partial charge on any atom is -0.380 e. The topological polar surface area (TPSA) is 66.9 Å². The molecule has 2 fully saturated rings. The fourth-order valence-corrected chi connectivity index (χ4v) is 3.18. The lowest BCUT2D eigenvalue weighted by atomic mass is 10.1. The lowest BCUT2D eigenvalue weighted by Crippen LogP contribution is -2.25. The maximum Gasteiger partial charge on any atom is 0.153 e. The van der Waals surface area contributed by atoms with Gasteiger partial charge in [-0.2, -0.15) is 5.10 Å². The molecular formula is C16H21N5O. The number of aromatic amines is 1. The molecule has 22 heavy (non-hydrogen) atoms. The van der Waals surface area contributed by atoms with Gasteiger partial charge in [0.15, 0.2) is 5.82 Å². The molecule has 6 heteroatoms. The van der Waals surface area contributed by atoms with Gasteiger partial charge in [0, 0.05) is 38.5 Å². The van der Waals surface area contributed by atoms with Crippen molar-refractivity contribution in [2.24, 2.45) is 0 Å². The lowest BCUT2D eigenvalue weighted by molar-refractivity contribution is 0.107. The molecule has 0 spiro atoms. The number of ether oxygens (including phenoxy) is 1. The SMILES string of the molecule is CO[C@@H]1C[C@@H](c2nc(C3CC3)n[nH]2)N(Cc2ccncc2)C1. The van der Waals surface area contributed by atoms with Gasteiger partial charge in [0.05, 0.1) is 12.1 Å². The Balaban J connectivity index is 1.54. The summed E-state index contributed by atoms with van der Waals surface area (Å²) in [7, 11) is 1.79. The zero-order chi connectivity index (χ0) is 14.9. The van der Waals surface area contributed by atoms with Crippen LogP contribution < -0.4 is 0 Å². The standard InChI is InChI=1S/C16H21N5O/c1-22-13-8-14(16-18-15(19-20-16)12-2-3-12)21(10-13)9-11-4-6-17-7-5-11/h4-7,12-14H,2-3,8-10H2,1H3,(H,18,19,20)/t13-,14+/m1/s1. The molecule has 0 radical (unpaired) electrons. The zero-order valence-corrected chi connectivity index (χ0v) is 12.8. The molecule has 0 amide bonds. The quantitative estimate of drug-likeness (QED) is 0.915. The molecule has 1 saturated carbocycles. The van der Waals surface area contributed by atoms with Gasteiger partial charge in [-0.15, -0.1) is 0 Å². The monoisotopic (exact) mass is 299 g/mol. The van der Waals surface area contributed by atoms with E-state index in [-0.39, 0.29) is 12.1 Å². The maximum absolute atomic E-state index is 5.58. The number of methoxy groups -OCH3 is 1. The van der Waals surface area contributed by atoms with E-state index in [9.17, 15) is 0 Å². The van der Waals surface area contributed by atoms with E-state index >= 15 is 0 Å². The molecule has 1 saturated heterocycles. The van der Waals surface area contributed by atoms with Gasteiger partial charge in [-0.1, -0.05) is 0 Å². The Morgan fingerprint density at radius 1 is 1.32 bits per heavy atom. The number of hydrogen-bond donors (Lipinski definition) is 1. The van der Waals surface area contributed by atoms with E-state index in [4.69, 9.17) is 9.72 Å². The number of nitrogens with zero attached hydrogens (tertiary/aromatic N) is 4. The van der Waals surface area contributed by atoms with Gasteiger partial charge in [-0.3, -0.25) is 15.0 Å². The molecule has 0 bridgehead atoms. The first kappa shape index (κ1) is 13.8. The fourth-order valence-electron chi connectivity index (χ4n) is 3.18. The maximum atomic E-state index is 5.58. The summed E-state index contributed by atoms with van der Waals surface area (Å²) in [6, 6.07) is 4.37. The number of rotatable bonds is 5. The first-order chi connectivity index (χ1) is 10.8.